The van der Waals surface area contributed by atoms with Crippen molar-refractivity contribution in [1.82, 2.24) is 15.5 Å². The number of carbonyl (C=O) groups is 4. The predicted molar refractivity (Wildman–Crippen MR) is 95.2 cm³/mol. The Bertz CT molecular complexity index is 893. The second-order valence-corrected chi connectivity index (χ2v) is 6.78. The van der Waals surface area contributed by atoms with Crippen LogP contribution in [-0.4, -0.2) is 40.5 Å². The molecule has 140 valence electrons. The Hall–Kier alpha value is -3.14. The largest absolute Gasteiger partial charge is 0.461 e. The van der Waals surface area contributed by atoms with Crippen molar-refractivity contribution in [1.29, 1.82) is 0 Å². The third-order valence-electron chi connectivity index (χ3n) is 3.86. The minimum absolute atomic E-state index is 0.0619. The lowest BCUT2D eigenvalue weighted by molar-refractivity contribution is -0.125. The normalized spacial score (nSPS) is 16.1. The molecule has 0 radical (unpaired) electrons. The maximum atomic E-state index is 12.3. The number of aromatic nitrogens is 2. The van der Waals surface area contributed by atoms with Crippen molar-refractivity contribution in [2.75, 3.05) is 11.9 Å². The number of nitrogens with one attached hydrogen (secondary N) is 2. The minimum atomic E-state index is -0.589. The van der Waals surface area contributed by atoms with Crippen molar-refractivity contribution in [3.05, 3.63) is 40.4 Å². The molecule has 3 rings (SSSR count). The van der Waals surface area contributed by atoms with Gasteiger partial charge in [-0.25, -0.2) is 4.79 Å². The fourth-order valence-electron chi connectivity index (χ4n) is 2.57. The number of amides is 3. The summed E-state index contributed by atoms with van der Waals surface area (Å²) >= 11 is 0.924. The number of ether oxygens (including phenoxy) is 1. The molecule has 9 nitrogen and oxygen atoms in total. The number of carbonyl (C=O) groups excluding carboxylic acids is 4. The molecule has 1 fully saturated rings. The van der Waals surface area contributed by atoms with Crippen molar-refractivity contribution >= 4 is 40.2 Å². The summed E-state index contributed by atoms with van der Waals surface area (Å²) in [5.41, 5.74) is 1.24. The number of benzene rings is 1. The van der Waals surface area contributed by atoms with Gasteiger partial charge in [-0.15, -0.1) is 10.2 Å². The first-order valence-corrected chi connectivity index (χ1v) is 9.02. The van der Waals surface area contributed by atoms with E-state index in [2.05, 4.69) is 20.8 Å². The van der Waals surface area contributed by atoms with E-state index in [9.17, 15) is 19.2 Å². The quantitative estimate of drug-likeness (QED) is 0.562. The molecule has 0 aliphatic carbocycles. The van der Waals surface area contributed by atoms with E-state index in [0.717, 1.165) is 16.9 Å². The van der Waals surface area contributed by atoms with E-state index in [0.29, 0.717) is 12.0 Å². The Kier molecular flexibility index (Phi) is 5.55. The molecule has 0 spiro atoms. The molecule has 27 heavy (non-hydrogen) atoms. The number of esters is 1. The van der Waals surface area contributed by atoms with Crippen LogP contribution in [0.25, 0.3) is 0 Å². The number of hydrogen-bond acceptors (Lipinski definition) is 8. The van der Waals surface area contributed by atoms with Crippen LogP contribution in [0, 0.1) is 5.92 Å². The Morgan fingerprint density at radius 3 is 2.63 bits per heavy atom. The SMILES string of the molecule is CCOC(=O)c1nnc(NC(=O)c2ccc(CC3CC(=O)NC3=O)cc2)s1. The summed E-state index contributed by atoms with van der Waals surface area (Å²) in [7, 11) is 0. The zero-order valence-corrected chi connectivity index (χ0v) is 15.2. The Balaban J connectivity index is 1.60. The van der Waals surface area contributed by atoms with Gasteiger partial charge in [0.25, 0.3) is 5.91 Å². The lowest BCUT2D eigenvalue weighted by Crippen LogP contribution is -2.22. The van der Waals surface area contributed by atoms with Gasteiger partial charge in [0.1, 0.15) is 0 Å². The fourth-order valence-corrected chi connectivity index (χ4v) is 3.20. The van der Waals surface area contributed by atoms with Gasteiger partial charge >= 0.3 is 5.97 Å². The van der Waals surface area contributed by atoms with E-state index >= 15 is 0 Å². The topological polar surface area (TPSA) is 127 Å². The summed E-state index contributed by atoms with van der Waals surface area (Å²) in [5, 5.41) is 12.5. The standard InChI is InChI=1S/C17H16N4O5S/c1-2-26-16(25)15-20-21-17(27-15)19-13(23)10-5-3-9(4-6-10)7-11-8-12(22)18-14(11)24/h3-6,11H,2,7-8H2,1H3,(H,18,22,24)(H,19,21,23). The van der Waals surface area contributed by atoms with Gasteiger partial charge in [-0.1, -0.05) is 23.5 Å². The van der Waals surface area contributed by atoms with Crippen LogP contribution in [0.3, 0.4) is 0 Å². The van der Waals surface area contributed by atoms with Gasteiger partial charge < -0.3 is 4.74 Å². The molecule has 2 N–H and O–H groups in total. The van der Waals surface area contributed by atoms with Crippen LogP contribution in [0.2, 0.25) is 0 Å². The van der Waals surface area contributed by atoms with Gasteiger partial charge in [0.2, 0.25) is 22.0 Å². The van der Waals surface area contributed by atoms with Crippen molar-refractivity contribution in [2.45, 2.75) is 19.8 Å². The van der Waals surface area contributed by atoms with E-state index in [4.69, 9.17) is 4.74 Å². The summed E-state index contributed by atoms with van der Waals surface area (Å²) in [6.45, 7) is 1.91. The van der Waals surface area contributed by atoms with Crippen molar-refractivity contribution in [3.8, 4) is 0 Å². The van der Waals surface area contributed by atoms with E-state index in [1.807, 2.05) is 0 Å². The highest BCUT2D eigenvalue weighted by molar-refractivity contribution is 7.17. The van der Waals surface area contributed by atoms with Crippen LogP contribution in [-0.2, 0) is 20.7 Å². The van der Waals surface area contributed by atoms with E-state index in [1.165, 1.54) is 0 Å². The maximum Gasteiger partial charge on any atom is 0.369 e. The van der Waals surface area contributed by atoms with Crippen molar-refractivity contribution in [2.24, 2.45) is 5.92 Å². The third-order valence-corrected chi connectivity index (χ3v) is 4.68. The molecule has 1 aliphatic heterocycles. The molecule has 2 heterocycles. The zero-order valence-electron chi connectivity index (χ0n) is 14.4. The molecule has 1 atom stereocenters. The lowest BCUT2D eigenvalue weighted by Gasteiger charge is -2.07. The summed E-state index contributed by atoms with van der Waals surface area (Å²) in [4.78, 5) is 46.7. The highest BCUT2D eigenvalue weighted by atomic mass is 32.1. The van der Waals surface area contributed by atoms with Gasteiger partial charge in [-0.3, -0.25) is 25.0 Å². The van der Waals surface area contributed by atoms with Crippen LogP contribution in [0.4, 0.5) is 5.13 Å². The first-order chi connectivity index (χ1) is 13.0. The van der Waals surface area contributed by atoms with Crippen LogP contribution in [0.1, 0.15) is 39.1 Å². The maximum absolute atomic E-state index is 12.3. The average molecular weight is 388 g/mol. The van der Waals surface area contributed by atoms with Crippen LogP contribution in [0.15, 0.2) is 24.3 Å². The monoisotopic (exact) mass is 388 g/mol. The molecule has 0 saturated carbocycles. The van der Waals surface area contributed by atoms with E-state index < -0.39 is 11.9 Å². The van der Waals surface area contributed by atoms with Gasteiger partial charge in [0, 0.05) is 12.0 Å². The summed E-state index contributed by atoms with van der Waals surface area (Å²) in [6, 6.07) is 6.70. The van der Waals surface area contributed by atoms with Crippen LogP contribution < -0.4 is 10.6 Å². The molecule has 2 aromatic rings. The molecule has 10 heteroatoms. The lowest BCUT2D eigenvalue weighted by atomic mass is 9.97. The Morgan fingerprint density at radius 2 is 2.00 bits per heavy atom. The molecule has 1 unspecified atom stereocenters. The molecule has 1 aromatic heterocycles. The van der Waals surface area contributed by atoms with Gasteiger partial charge in [-0.2, -0.15) is 0 Å². The highest BCUT2D eigenvalue weighted by Gasteiger charge is 2.30. The second kappa shape index (κ2) is 8.04. The smallest absolute Gasteiger partial charge is 0.369 e. The second-order valence-electron chi connectivity index (χ2n) is 5.80. The zero-order chi connectivity index (χ0) is 19.4. The van der Waals surface area contributed by atoms with Crippen molar-refractivity contribution in [3.63, 3.8) is 0 Å². The fraction of sp³-hybridized carbons (Fsp3) is 0.294. The molecular formula is C17H16N4O5S. The van der Waals surface area contributed by atoms with E-state index in [-0.39, 0.29) is 40.9 Å². The van der Waals surface area contributed by atoms with E-state index in [1.54, 1.807) is 31.2 Å². The highest BCUT2D eigenvalue weighted by Crippen LogP contribution is 2.19. The average Bonchev–Trinajstić information content (AvgIpc) is 3.22. The molecule has 1 aliphatic rings. The summed E-state index contributed by atoms with van der Waals surface area (Å²) < 4.78 is 4.82. The first kappa shape index (κ1) is 18.6. The molecular weight excluding hydrogens is 372 g/mol. The summed E-state index contributed by atoms with van der Waals surface area (Å²) in [6.07, 6.45) is 0.611. The minimum Gasteiger partial charge on any atom is -0.461 e. The Labute approximate surface area is 158 Å². The van der Waals surface area contributed by atoms with Crippen LogP contribution in [0.5, 0.6) is 0 Å². The summed E-state index contributed by atoms with van der Waals surface area (Å²) in [5.74, 6) is -1.90. The number of anilines is 1. The molecule has 0 bridgehead atoms. The molecule has 1 aromatic carbocycles. The number of nitrogens with zero attached hydrogens (tertiary/aromatic N) is 2. The molecule has 1 saturated heterocycles. The van der Waals surface area contributed by atoms with Gasteiger partial charge in [0.05, 0.1) is 12.5 Å². The predicted octanol–water partition coefficient (Wildman–Crippen LogP) is 1.17. The van der Waals surface area contributed by atoms with Crippen molar-refractivity contribution < 1.29 is 23.9 Å². The Morgan fingerprint density at radius 1 is 1.26 bits per heavy atom. The van der Waals surface area contributed by atoms with Crippen LogP contribution >= 0.6 is 11.3 Å². The molecule has 3 amide bonds. The van der Waals surface area contributed by atoms with Gasteiger partial charge in [0.15, 0.2) is 0 Å². The number of rotatable bonds is 6. The number of imide groups is 1. The number of hydrogen-bond donors (Lipinski definition) is 2. The van der Waals surface area contributed by atoms with Gasteiger partial charge in [-0.05, 0) is 31.0 Å². The first-order valence-electron chi connectivity index (χ1n) is 8.21. The third kappa shape index (κ3) is 4.53.